The van der Waals surface area contributed by atoms with Crippen molar-refractivity contribution < 1.29 is 0 Å². The van der Waals surface area contributed by atoms with Crippen LogP contribution in [-0.4, -0.2) is 16.2 Å². The summed E-state index contributed by atoms with van der Waals surface area (Å²) in [7, 11) is 0. The fraction of sp³-hybridized carbons (Fsp3) is 0.118. The van der Waals surface area contributed by atoms with Gasteiger partial charge in [-0.2, -0.15) is 0 Å². The van der Waals surface area contributed by atoms with Crippen LogP contribution in [0.3, 0.4) is 0 Å². The molecule has 0 amide bonds. The predicted molar refractivity (Wildman–Crippen MR) is 89.1 cm³/mol. The second kappa shape index (κ2) is 6.16. The number of nitrogens with zero attached hydrogens (tertiary/aromatic N) is 1. The van der Waals surface area contributed by atoms with Gasteiger partial charge in [-0.3, -0.25) is 0 Å². The van der Waals surface area contributed by atoms with Gasteiger partial charge < -0.3 is 10.7 Å². The molecule has 1 heterocycles. The number of nitrogens with one attached hydrogen (secondary N) is 1. The third-order valence-corrected chi connectivity index (χ3v) is 4.16. The number of nitrogens with two attached hydrogens (primary N) is 1. The molecule has 3 N–H and O–H groups in total. The van der Waals surface area contributed by atoms with Crippen molar-refractivity contribution in [1.82, 2.24) is 9.97 Å². The molecule has 0 fully saturated rings. The van der Waals surface area contributed by atoms with Crippen molar-refractivity contribution in [2.45, 2.75) is 11.4 Å². The van der Waals surface area contributed by atoms with Gasteiger partial charge in [-0.05, 0) is 35.6 Å². The Labute approximate surface area is 128 Å². The summed E-state index contributed by atoms with van der Waals surface area (Å²) in [5, 5.41) is 0. The van der Waals surface area contributed by atoms with Crippen molar-refractivity contribution in [3.05, 3.63) is 60.3 Å². The molecule has 0 aliphatic heterocycles. The molecule has 3 aromatic rings. The Bertz CT molecular complexity index is 732. The third kappa shape index (κ3) is 3.01. The number of hydrogen-bond donors (Lipinski definition) is 2. The van der Waals surface area contributed by atoms with Gasteiger partial charge in [-0.1, -0.05) is 30.3 Å². The van der Waals surface area contributed by atoms with Crippen LogP contribution in [0.25, 0.3) is 22.6 Å². The van der Waals surface area contributed by atoms with Gasteiger partial charge in [0.25, 0.3) is 0 Å². The van der Waals surface area contributed by atoms with Crippen molar-refractivity contribution in [3.8, 4) is 22.6 Å². The van der Waals surface area contributed by atoms with E-state index in [4.69, 9.17) is 5.73 Å². The number of aromatic amines is 1. The SMILES string of the molecule is CSc1ccc(-c2cnc(-c3cccc(CN)c3)[nH]2)cc1. The number of benzene rings is 2. The molecule has 4 heteroatoms. The molecule has 1 aromatic heterocycles. The quantitative estimate of drug-likeness (QED) is 0.717. The number of aromatic nitrogens is 2. The third-order valence-electron chi connectivity index (χ3n) is 3.41. The van der Waals surface area contributed by atoms with Gasteiger partial charge in [-0.25, -0.2) is 4.98 Å². The number of imidazole rings is 1. The highest BCUT2D eigenvalue weighted by Crippen LogP contribution is 2.24. The van der Waals surface area contributed by atoms with E-state index in [0.717, 1.165) is 28.2 Å². The number of H-pyrrole nitrogens is 1. The Morgan fingerprint density at radius 1 is 1.10 bits per heavy atom. The van der Waals surface area contributed by atoms with E-state index in [9.17, 15) is 0 Å². The molecule has 0 spiro atoms. The van der Waals surface area contributed by atoms with Crippen LogP contribution in [0, 0.1) is 0 Å². The minimum atomic E-state index is 0.539. The first-order chi connectivity index (χ1) is 10.3. The molecule has 0 saturated carbocycles. The van der Waals surface area contributed by atoms with E-state index in [1.54, 1.807) is 11.8 Å². The largest absolute Gasteiger partial charge is 0.338 e. The molecule has 0 aliphatic carbocycles. The first-order valence-corrected chi connectivity index (χ1v) is 8.01. The van der Waals surface area contributed by atoms with Crippen LogP contribution in [-0.2, 0) is 6.54 Å². The topological polar surface area (TPSA) is 54.7 Å². The van der Waals surface area contributed by atoms with Crippen LogP contribution in [0.1, 0.15) is 5.56 Å². The van der Waals surface area contributed by atoms with E-state index in [2.05, 4.69) is 46.6 Å². The predicted octanol–water partition coefficient (Wildman–Crippen LogP) is 3.92. The summed E-state index contributed by atoms with van der Waals surface area (Å²) in [5.74, 6) is 0.870. The number of rotatable bonds is 4. The van der Waals surface area contributed by atoms with Gasteiger partial charge in [0.15, 0.2) is 0 Å². The van der Waals surface area contributed by atoms with Crippen molar-refractivity contribution in [3.63, 3.8) is 0 Å². The molecule has 0 atom stereocenters. The summed E-state index contributed by atoms with van der Waals surface area (Å²) in [6.45, 7) is 0.539. The minimum absolute atomic E-state index is 0.539. The molecule has 0 saturated heterocycles. The van der Waals surface area contributed by atoms with Crippen LogP contribution < -0.4 is 5.73 Å². The van der Waals surface area contributed by atoms with E-state index >= 15 is 0 Å². The number of thioether (sulfide) groups is 1. The van der Waals surface area contributed by atoms with Gasteiger partial charge in [0.05, 0.1) is 11.9 Å². The van der Waals surface area contributed by atoms with Crippen LogP contribution in [0.5, 0.6) is 0 Å². The van der Waals surface area contributed by atoms with Gasteiger partial charge in [0.2, 0.25) is 0 Å². The molecule has 0 bridgehead atoms. The zero-order valence-corrected chi connectivity index (χ0v) is 12.7. The van der Waals surface area contributed by atoms with Crippen molar-refractivity contribution in [2.75, 3.05) is 6.26 Å². The average Bonchev–Trinajstić information content (AvgIpc) is 3.05. The van der Waals surface area contributed by atoms with E-state index in [1.165, 1.54) is 4.90 Å². The summed E-state index contributed by atoms with van der Waals surface area (Å²) in [5.41, 5.74) is 10.0. The lowest BCUT2D eigenvalue weighted by Gasteiger charge is -2.01. The van der Waals surface area contributed by atoms with Crippen molar-refractivity contribution in [2.24, 2.45) is 5.73 Å². The average molecular weight is 295 g/mol. The lowest BCUT2D eigenvalue weighted by atomic mass is 10.1. The zero-order valence-electron chi connectivity index (χ0n) is 11.8. The highest BCUT2D eigenvalue weighted by Gasteiger charge is 2.06. The van der Waals surface area contributed by atoms with Crippen LogP contribution >= 0.6 is 11.8 Å². The van der Waals surface area contributed by atoms with Crippen LogP contribution in [0.4, 0.5) is 0 Å². The smallest absolute Gasteiger partial charge is 0.137 e. The summed E-state index contributed by atoms with van der Waals surface area (Å²) in [4.78, 5) is 9.11. The van der Waals surface area contributed by atoms with E-state index in [-0.39, 0.29) is 0 Å². The number of hydrogen-bond acceptors (Lipinski definition) is 3. The standard InChI is InChI=1S/C17H17N3S/c1-21-15-7-5-13(6-8-15)16-11-19-17(20-16)14-4-2-3-12(9-14)10-18/h2-9,11H,10,18H2,1H3,(H,19,20). The maximum absolute atomic E-state index is 5.69. The molecule has 0 unspecified atom stereocenters. The summed E-state index contributed by atoms with van der Waals surface area (Å²) in [6, 6.07) is 16.6. The molecule has 21 heavy (non-hydrogen) atoms. The van der Waals surface area contributed by atoms with Crippen LogP contribution in [0.15, 0.2) is 59.6 Å². The Kier molecular flexibility index (Phi) is 4.08. The van der Waals surface area contributed by atoms with Crippen molar-refractivity contribution in [1.29, 1.82) is 0 Å². The Balaban J connectivity index is 1.91. The normalized spacial score (nSPS) is 10.8. The minimum Gasteiger partial charge on any atom is -0.338 e. The van der Waals surface area contributed by atoms with E-state index in [0.29, 0.717) is 6.54 Å². The molecule has 106 valence electrons. The lowest BCUT2D eigenvalue weighted by molar-refractivity contribution is 1.07. The molecule has 3 rings (SSSR count). The van der Waals surface area contributed by atoms with E-state index in [1.807, 2.05) is 24.4 Å². The first kappa shape index (κ1) is 13.9. The fourth-order valence-electron chi connectivity index (χ4n) is 2.23. The Morgan fingerprint density at radius 2 is 1.90 bits per heavy atom. The zero-order chi connectivity index (χ0) is 14.7. The van der Waals surface area contributed by atoms with Crippen molar-refractivity contribution >= 4 is 11.8 Å². The van der Waals surface area contributed by atoms with Gasteiger partial charge in [-0.15, -0.1) is 11.8 Å². The second-order valence-electron chi connectivity index (χ2n) is 4.78. The lowest BCUT2D eigenvalue weighted by Crippen LogP contribution is -1.96. The molecule has 0 radical (unpaired) electrons. The summed E-state index contributed by atoms with van der Waals surface area (Å²) in [6.07, 6.45) is 3.95. The monoisotopic (exact) mass is 295 g/mol. The summed E-state index contributed by atoms with van der Waals surface area (Å²) < 4.78 is 0. The highest BCUT2D eigenvalue weighted by molar-refractivity contribution is 7.98. The molecule has 0 aliphatic rings. The maximum Gasteiger partial charge on any atom is 0.137 e. The molecular weight excluding hydrogens is 278 g/mol. The van der Waals surface area contributed by atoms with Crippen LogP contribution in [0.2, 0.25) is 0 Å². The van der Waals surface area contributed by atoms with Gasteiger partial charge in [0, 0.05) is 17.0 Å². The highest BCUT2D eigenvalue weighted by atomic mass is 32.2. The molecule has 2 aromatic carbocycles. The maximum atomic E-state index is 5.69. The van der Waals surface area contributed by atoms with E-state index < -0.39 is 0 Å². The first-order valence-electron chi connectivity index (χ1n) is 6.79. The second-order valence-corrected chi connectivity index (χ2v) is 5.66. The Morgan fingerprint density at radius 3 is 2.62 bits per heavy atom. The van der Waals surface area contributed by atoms with Gasteiger partial charge in [0.1, 0.15) is 5.82 Å². The molecular formula is C17H17N3S. The Hall–Kier alpha value is -2.04. The fourth-order valence-corrected chi connectivity index (χ4v) is 2.64. The van der Waals surface area contributed by atoms with Gasteiger partial charge >= 0.3 is 0 Å². The summed E-state index contributed by atoms with van der Waals surface area (Å²) >= 11 is 1.74. The molecule has 3 nitrogen and oxygen atoms in total.